The van der Waals surface area contributed by atoms with E-state index in [0.29, 0.717) is 5.41 Å². The zero-order chi connectivity index (χ0) is 16.4. The van der Waals surface area contributed by atoms with Crippen molar-refractivity contribution in [3.8, 4) is 11.1 Å². The minimum absolute atomic E-state index is 0.711. The Morgan fingerprint density at radius 3 is 2.20 bits per heavy atom. The fraction of sp³-hybridized carbons (Fsp3) is 0.520. The molecule has 0 radical (unpaired) electrons. The smallest absolute Gasteiger partial charge is 0.00107 e. The second-order valence-electron chi connectivity index (χ2n) is 9.69. The summed E-state index contributed by atoms with van der Waals surface area (Å²) in [5.74, 6) is 3.24. The lowest BCUT2D eigenvalue weighted by atomic mass is 9.48. The van der Waals surface area contributed by atoms with Crippen LogP contribution in [0, 0.1) is 23.2 Å². The van der Waals surface area contributed by atoms with Crippen molar-refractivity contribution < 1.29 is 0 Å². The van der Waals surface area contributed by atoms with Gasteiger partial charge in [-0.15, -0.1) is 0 Å². The molecule has 0 amide bonds. The molecule has 4 bridgehead atoms. The average molecular weight is 328 g/mol. The summed E-state index contributed by atoms with van der Waals surface area (Å²) in [7, 11) is 0. The molecule has 0 unspecified atom stereocenters. The maximum Gasteiger partial charge on any atom is -0.00107 e. The number of rotatable bonds is 3. The van der Waals surface area contributed by atoms with Crippen LogP contribution in [0.5, 0.6) is 0 Å². The van der Waals surface area contributed by atoms with Gasteiger partial charge in [0.05, 0.1) is 0 Å². The minimum Gasteiger partial charge on any atom is -0.0619 e. The summed E-state index contributed by atoms with van der Waals surface area (Å²) in [6, 6.07) is 16.1. The van der Waals surface area contributed by atoms with E-state index in [1.54, 1.807) is 49.7 Å². The summed E-state index contributed by atoms with van der Waals surface area (Å²) < 4.78 is 0. The van der Waals surface area contributed by atoms with E-state index in [-0.39, 0.29) is 0 Å². The summed E-state index contributed by atoms with van der Waals surface area (Å²) in [5.41, 5.74) is 8.51. The molecule has 0 N–H and O–H groups in total. The van der Waals surface area contributed by atoms with Crippen LogP contribution in [-0.4, -0.2) is 0 Å². The van der Waals surface area contributed by atoms with Gasteiger partial charge in [0.1, 0.15) is 0 Å². The SMILES string of the molecule is c1ccc2c(c1)Cc1c(CCC34CC5CC(CC(C5)C3)C4)cccc1-2. The second kappa shape index (κ2) is 5.22. The zero-order valence-electron chi connectivity index (χ0n) is 15.1. The van der Waals surface area contributed by atoms with Crippen molar-refractivity contribution in [3.05, 3.63) is 59.2 Å². The van der Waals surface area contributed by atoms with Gasteiger partial charge in [0.15, 0.2) is 0 Å². The van der Waals surface area contributed by atoms with Gasteiger partial charge in [-0.1, -0.05) is 42.5 Å². The van der Waals surface area contributed by atoms with Gasteiger partial charge in [0.2, 0.25) is 0 Å². The molecule has 4 fully saturated rings. The van der Waals surface area contributed by atoms with E-state index in [1.165, 1.54) is 29.5 Å². The summed E-state index contributed by atoms with van der Waals surface area (Å²) in [5, 5.41) is 0. The van der Waals surface area contributed by atoms with Crippen molar-refractivity contribution in [2.45, 2.75) is 57.8 Å². The van der Waals surface area contributed by atoms with Crippen LogP contribution in [0.4, 0.5) is 0 Å². The fourth-order valence-electron chi connectivity index (χ4n) is 7.45. The monoisotopic (exact) mass is 328 g/mol. The van der Waals surface area contributed by atoms with Crippen LogP contribution in [0.15, 0.2) is 42.5 Å². The summed E-state index contributed by atoms with van der Waals surface area (Å²) >= 11 is 0. The Balaban J connectivity index is 1.27. The molecule has 0 spiro atoms. The van der Waals surface area contributed by atoms with Crippen LogP contribution in [0.2, 0.25) is 0 Å². The van der Waals surface area contributed by atoms with Crippen LogP contribution in [0.1, 0.15) is 61.6 Å². The first-order valence-electron chi connectivity index (χ1n) is 10.5. The molecule has 5 aliphatic rings. The molecule has 7 rings (SSSR count). The first kappa shape index (κ1) is 14.6. The van der Waals surface area contributed by atoms with E-state index in [4.69, 9.17) is 0 Å². The Labute approximate surface area is 151 Å². The molecule has 4 saturated carbocycles. The second-order valence-corrected chi connectivity index (χ2v) is 9.69. The Morgan fingerprint density at radius 2 is 1.44 bits per heavy atom. The highest BCUT2D eigenvalue weighted by atomic mass is 14.5. The molecule has 2 aromatic carbocycles. The first-order chi connectivity index (χ1) is 12.3. The minimum atomic E-state index is 0.711. The van der Waals surface area contributed by atoms with E-state index in [9.17, 15) is 0 Å². The lowest BCUT2D eigenvalue weighted by Crippen LogP contribution is -2.46. The molecular formula is C25H28. The lowest BCUT2D eigenvalue weighted by Gasteiger charge is -2.57. The van der Waals surface area contributed by atoms with E-state index in [1.807, 2.05) is 0 Å². The maximum atomic E-state index is 2.42. The third kappa shape index (κ3) is 2.26. The van der Waals surface area contributed by atoms with Gasteiger partial charge < -0.3 is 0 Å². The molecule has 0 atom stereocenters. The Bertz CT molecular complexity index is 792. The molecule has 0 aliphatic heterocycles. The van der Waals surface area contributed by atoms with E-state index >= 15 is 0 Å². The zero-order valence-corrected chi connectivity index (χ0v) is 15.1. The number of benzene rings is 2. The highest BCUT2D eigenvalue weighted by Gasteiger charge is 2.50. The molecule has 2 aromatic rings. The van der Waals surface area contributed by atoms with Crippen molar-refractivity contribution in [1.82, 2.24) is 0 Å². The highest BCUT2D eigenvalue weighted by Crippen LogP contribution is 2.61. The molecule has 128 valence electrons. The van der Waals surface area contributed by atoms with Crippen LogP contribution in [0.3, 0.4) is 0 Å². The van der Waals surface area contributed by atoms with Crippen molar-refractivity contribution in [2.24, 2.45) is 23.2 Å². The topological polar surface area (TPSA) is 0 Å². The van der Waals surface area contributed by atoms with Gasteiger partial charge in [0.25, 0.3) is 0 Å². The Hall–Kier alpha value is -1.56. The van der Waals surface area contributed by atoms with E-state index in [0.717, 1.165) is 24.2 Å². The van der Waals surface area contributed by atoms with Gasteiger partial charge in [-0.2, -0.15) is 0 Å². The summed E-state index contributed by atoms with van der Waals surface area (Å²) in [6.45, 7) is 0. The van der Waals surface area contributed by atoms with E-state index < -0.39 is 0 Å². The van der Waals surface area contributed by atoms with Crippen molar-refractivity contribution in [1.29, 1.82) is 0 Å². The highest BCUT2D eigenvalue weighted by molar-refractivity contribution is 5.77. The van der Waals surface area contributed by atoms with Crippen LogP contribution < -0.4 is 0 Å². The maximum absolute atomic E-state index is 2.42. The number of hydrogen-bond donors (Lipinski definition) is 0. The molecule has 25 heavy (non-hydrogen) atoms. The molecule has 5 aliphatic carbocycles. The number of hydrogen-bond acceptors (Lipinski definition) is 0. The predicted molar refractivity (Wildman–Crippen MR) is 104 cm³/mol. The lowest BCUT2D eigenvalue weighted by molar-refractivity contribution is -0.0569. The van der Waals surface area contributed by atoms with Crippen LogP contribution in [0.25, 0.3) is 11.1 Å². The summed E-state index contributed by atoms with van der Waals surface area (Å²) in [4.78, 5) is 0. The van der Waals surface area contributed by atoms with Gasteiger partial charge in [-0.3, -0.25) is 0 Å². The Morgan fingerprint density at radius 1 is 0.760 bits per heavy atom. The molecule has 0 aromatic heterocycles. The molecule has 0 heterocycles. The predicted octanol–water partition coefficient (Wildman–Crippen LogP) is 6.41. The van der Waals surface area contributed by atoms with Crippen LogP contribution in [-0.2, 0) is 12.8 Å². The normalized spacial score (nSPS) is 34.2. The average Bonchev–Trinajstić information content (AvgIpc) is 2.98. The van der Waals surface area contributed by atoms with E-state index in [2.05, 4.69) is 42.5 Å². The fourth-order valence-corrected chi connectivity index (χ4v) is 7.45. The van der Waals surface area contributed by atoms with Crippen LogP contribution >= 0.6 is 0 Å². The van der Waals surface area contributed by atoms with Crippen molar-refractivity contribution in [3.63, 3.8) is 0 Å². The van der Waals surface area contributed by atoms with Gasteiger partial charge >= 0.3 is 0 Å². The largest absolute Gasteiger partial charge is 0.0619 e. The molecule has 0 heteroatoms. The number of aryl methyl sites for hydroxylation is 1. The molecular weight excluding hydrogens is 300 g/mol. The Kier molecular flexibility index (Phi) is 3.05. The number of fused-ring (bicyclic) bond motifs is 3. The first-order valence-corrected chi connectivity index (χ1v) is 10.5. The summed E-state index contributed by atoms with van der Waals surface area (Å²) in [6.07, 6.45) is 13.3. The van der Waals surface area contributed by atoms with Gasteiger partial charge in [0, 0.05) is 0 Å². The molecule has 0 nitrogen and oxygen atoms in total. The van der Waals surface area contributed by atoms with Crippen molar-refractivity contribution in [2.75, 3.05) is 0 Å². The third-order valence-corrected chi connectivity index (χ3v) is 8.04. The molecule has 0 saturated heterocycles. The standard InChI is InChI=1S/C25H28/c1-2-6-22-21(4-1)13-24-20(5-3-7-23(22)24)8-9-25-14-17-10-18(15-25)12-19(11-17)16-25/h1-7,17-19H,8-16H2. The quantitative estimate of drug-likeness (QED) is 0.521. The third-order valence-electron chi connectivity index (χ3n) is 8.04. The van der Waals surface area contributed by atoms with Crippen molar-refractivity contribution >= 4 is 0 Å². The van der Waals surface area contributed by atoms with Gasteiger partial charge in [-0.25, -0.2) is 0 Å². The van der Waals surface area contributed by atoms with Gasteiger partial charge in [-0.05, 0) is 109 Å².